The molecule has 1 N–H and O–H groups in total. The molecule has 0 saturated carbocycles. The third-order valence-corrected chi connectivity index (χ3v) is 2.58. The summed E-state index contributed by atoms with van der Waals surface area (Å²) in [5.74, 6) is 0.601. The Morgan fingerprint density at radius 2 is 2.29 bits per heavy atom. The van der Waals surface area contributed by atoms with E-state index < -0.39 is 6.10 Å². The van der Waals surface area contributed by atoms with E-state index in [4.69, 9.17) is 4.74 Å². The first-order chi connectivity index (χ1) is 7.99. The van der Waals surface area contributed by atoms with Crippen LogP contribution in [0.3, 0.4) is 0 Å². The smallest absolute Gasteiger partial charge is 0.268 e. The summed E-state index contributed by atoms with van der Waals surface area (Å²) in [4.78, 5) is 13.6. The molecule has 1 aliphatic rings. The molecule has 0 aromatic heterocycles. The molecule has 1 aromatic rings. The van der Waals surface area contributed by atoms with Gasteiger partial charge in [0.2, 0.25) is 0 Å². The minimum atomic E-state index is -0.508. The van der Waals surface area contributed by atoms with Crippen LogP contribution < -0.4 is 9.64 Å². The molecule has 4 heteroatoms. The van der Waals surface area contributed by atoms with Gasteiger partial charge in [-0.25, -0.2) is 0 Å². The van der Waals surface area contributed by atoms with Gasteiger partial charge in [-0.1, -0.05) is 12.2 Å². The number of phenolic OH excluding ortho intramolecular Hbond substituents is 1. The van der Waals surface area contributed by atoms with Crippen molar-refractivity contribution in [3.05, 3.63) is 30.4 Å². The summed E-state index contributed by atoms with van der Waals surface area (Å²) < 4.78 is 5.48. The summed E-state index contributed by atoms with van der Waals surface area (Å²) in [6.07, 6.45) is -0.508. The normalized spacial score (nSPS) is 18.6. The number of anilines is 1. The molecule has 0 aliphatic carbocycles. The maximum atomic E-state index is 12.0. The molecular weight excluding hydrogens is 218 g/mol. The SMILES string of the molecule is C=C(C)CN1C(=O)C(C)Oc2ccc(O)cc21. The van der Waals surface area contributed by atoms with Crippen LogP contribution in [0.5, 0.6) is 11.5 Å². The Morgan fingerprint density at radius 1 is 1.59 bits per heavy atom. The molecule has 0 bridgehead atoms. The van der Waals surface area contributed by atoms with E-state index >= 15 is 0 Å². The van der Waals surface area contributed by atoms with Gasteiger partial charge in [0.15, 0.2) is 6.10 Å². The number of phenols is 1. The fourth-order valence-corrected chi connectivity index (χ4v) is 1.83. The molecule has 0 fully saturated rings. The second-order valence-corrected chi connectivity index (χ2v) is 4.29. The van der Waals surface area contributed by atoms with Crippen molar-refractivity contribution in [2.75, 3.05) is 11.4 Å². The lowest BCUT2D eigenvalue weighted by Crippen LogP contribution is -2.45. The number of fused-ring (bicyclic) bond motifs is 1. The number of amides is 1. The Labute approximate surface area is 100 Å². The molecule has 1 heterocycles. The van der Waals surface area contributed by atoms with E-state index in [0.29, 0.717) is 18.0 Å². The first-order valence-corrected chi connectivity index (χ1v) is 5.44. The minimum absolute atomic E-state index is 0.112. The van der Waals surface area contributed by atoms with Crippen molar-refractivity contribution < 1.29 is 14.6 Å². The van der Waals surface area contributed by atoms with Gasteiger partial charge in [0, 0.05) is 12.6 Å². The first-order valence-electron chi connectivity index (χ1n) is 5.44. The van der Waals surface area contributed by atoms with Gasteiger partial charge >= 0.3 is 0 Å². The molecule has 17 heavy (non-hydrogen) atoms. The van der Waals surface area contributed by atoms with Crippen molar-refractivity contribution in [2.45, 2.75) is 20.0 Å². The Kier molecular flexibility index (Phi) is 2.79. The van der Waals surface area contributed by atoms with Gasteiger partial charge in [0.05, 0.1) is 5.69 Å². The number of carbonyl (C=O) groups is 1. The second kappa shape index (κ2) is 4.13. The van der Waals surface area contributed by atoms with Crippen LogP contribution in [-0.2, 0) is 4.79 Å². The van der Waals surface area contributed by atoms with Crippen LogP contribution in [0.1, 0.15) is 13.8 Å². The summed E-state index contributed by atoms with van der Waals surface area (Å²) in [6.45, 7) is 7.81. The number of ether oxygens (including phenoxy) is 1. The van der Waals surface area contributed by atoms with Crippen LogP contribution in [0.15, 0.2) is 30.4 Å². The maximum Gasteiger partial charge on any atom is 0.268 e. The Bertz CT molecular complexity index is 482. The van der Waals surface area contributed by atoms with Crippen LogP contribution in [0.2, 0.25) is 0 Å². The number of benzene rings is 1. The lowest BCUT2D eigenvalue weighted by atomic mass is 10.1. The molecule has 90 valence electrons. The second-order valence-electron chi connectivity index (χ2n) is 4.29. The van der Waals surface area contributed by atoms with E-state index in [9.17, 15) is 9.90 Å². The predicted molar refractivity (Wildman–Crippen MR) is 65.4 cm³/mol. The molecule has 1 unspecified atom stereocenters. The summed E-state index contributed by atoms with van der Waals surface area (Å²) in [5, 5.41) is 9.48. The molecule has 4 nitrogen and oxygen atoms in total. The monoisotopic (exact) mass is 233 g/mol. The topological polar surface area (TPSA) is 49.8 Å². The van der Waals surface area contributed by atoms with Crippen LogP contribution in [0.25, 0.3) is 0 Å². The van der Waals surface area contributed by atoms with Crippen LogP contribution in [-0.4, -0.2) is 23.7 Å². The number of carbonyl (C=O) groups excluding carboxylic acids is 1. The largest absolute Gasteiger partial charge is 0.508 e. The van der Waals surface area contributed by atoms with Crippen molar-refractivity contribution in [1.29, 1.82) is 0 Å². The molecule has 1 aromatic carbocycles. The zero-order valence-corrected chi connectivity index (χ0v) is 9.93. The molecule has 0 radical (unpaired) electrons. The third-order valence-electron chi connectivity index (χ3n) is 2.58. The Hall–Kier alpha value is -1.97. The van der Waals surface area contributed by atoms with Crippen LogP contribution in [0, 0.1) is 0 Å². The number of hydrogen-bond donors (Lipinski definition) is 1. The van der Waals surface area contributed by atoms with Gasteiger partial charge in [-0.15, -0.1) is 0 Å². The van der Waals surface area contributed by atoms with Crippen molar-refractivity contribution in [3.8, 4) is 11.5 Å². The average molecular weight is 233 g/mol. The molecule has 1 amide bonds. The van der Waals surface area contributed by atoms with Gasteiger partial charge in [0.25, 0.3) is 5.91 Å². The fourth-order valence-electron chi connectivity index (χ4n) is 1.83. The van der Waals surface area contributed by atoms with E-state index in [1.165, 1.54) is 6.07 Å². The van der Waals surface area contributed by atoms with E-state index in [-0.39, 0.29) is 11.7 Å². The molecule has 0 saturated heterocycles. The van der Waals surface area contributed by atoms with Gasteiger partial charge in [-0.3, -0.25) is 4.79 Å². The number of aromatic hydroxyl groups is 1. The van der Waals surface area contributed by atoms with E-state index in [0.717, 1.165) is 5.57 Å². The predicted octanol–water partition coefficient (Wildman–Crippen LogP) is 2.08. The number of rotatable bonds is 2. The van der Waals surface area contributed by atoms with Crippen LogP contribution in [0.4, 0.5) is 5.69 Å². The molecule has 1 atom stereocenters. The minimum Gasteiger partial charge on any atom is -0.508 e. The summed E-state index contributed by atoms with van der Waals surface area (Å²) in [7, 11) is 0. The van der Waals surface area contributed by atoms with Crippen molar-refractivity contribution in [3.63, 3.8) is 0 Å². The van der Waals surface area contributed by atoms with Gasteiger partial charge < -0.3 is 14.7 Å². The first kappa shape index (κ1) is 11.5. The highest BCUT2D eigenvalue weighted by atomic mass is 16.5. The standard InChI is InChI=1S/C13H15NO3/c1-8(2)7-14-11-6-10(15)4-5-12(11)17-9(3)13(14)16/h4-6,9,15H,1,7H2,2-3H3. The fraction of sp³-hybridized carbons (Fsp3) is 0.308. The van der Waals surface area contributed by atoms with Crippen LogP contribution >= 0.6 is 0 Å². The highest BCUT2D eigenvalue weighted by Gasteiger charge is 2.31. The lowest BCUT2D eigenvalue weighted by molar-refractivity contribution is -0.125. The van der Waals surface area contributed by atoms with E-state index in [2.05, 4.69) is 6.58 Å². The van der Waals surface area contributed by atoms with Gasteiger partial charge in [-0.05, 0) is 26.0 Å². The molecule has 0 spiro atoms. The zero-order valence-electron chi connectivity index (χ0n) is 9.93. The number of hydrogen-bond acceptors (Lipinski definition) is 3. The zero-order chi connectivity index (χ0) is 12.6. The van der Waals surface area contributed by atoms with E-state index in [1.807, 2.05) is 6.92 Å². The van der Waals surface area contributed by atoms with Gasteiger partial charge in [-0.2, -0.15) is 0 Å². The van der Waals surface area contributed by atoms with E-state index in [1.54, 1.807) is 24.0 Å². The molecule has 2 rings (SSSR count). The summed E-state index contributed by atoms with van der Waals surface area (Å²) in [6, 6.07) is 4.74. The average Bonchev–Trinajstić information content (AvgIpc) is 2.25. The molecule has 1 aliphatic heterocycles. The van der Waals surface area contributed by atoms with Crippen molar-refractivity contribution in [2.24, 2.45) is 0 Å². The van der Waals surface area contributed by atoms with Gasteiger partial charge in [0.1, 0.15) is 11.5 Å². The lowest BCUT2D eigenvalue weighted by Gasteiger charge is -2.33. The van der Waals surface area contributed by atoms with Crippen molar-refractivity contribution >= 4 is 11.6 Å². The Balaban J connectivity index is 2.46. The number of nitrogens with zero attached hydrogens (tertiary/aromatic N) is 1. The highest BCUT2D eigenvalue weighted by Crippen LogP contribution is 2.36. The maximum absolute atomic E-state index is 12.0. The summed E-state index contributed by atoms with van der Waals surface area (Å²) in [5.41, 5.74) is 1.47. The third kappa shape index (κ3) is 2.11. The quantitative estimate of drug-likeness (QED) is 0.796. The van der Waals surface area contributed by atoms with Crippen molar-refractivity contribution in [1.82, 2.24) is 0 Å². The Morgan fingerprint density at radius 3 is 2.94 bits per heavy atom. The summed E-state index contributed by atoms with van der Waals surface area (Å²) >= 11 is 0. The highest BCUT2D eigenvalue weighted by molar-refractivity contribution is 6.00. The molecular formula is C13H15NO3.